The summed E-state index contributed by atoms with van der Waals surface area (Å²) < 4.78 is 0. The van der Waals surface area contributed by atoms with Gasteiger partial charge in [-0.2, -0.15) is 0 Å². The van der Waals surface area contributed by atoms with E-state index in [-0.39, 0.29) is 0 Å². The van der Waals surface area contributed by atoms with Crippen LogP contribution >= 0.6 is 15.9 Å². The number of nitrogens with one attached hydrogen (secondary N) is 1. The fraction of sp³-hybridized carbons (Fsp3) is 1.00. The lowest BCUT2D eigenvalue weighted by Crippen LogP contribution is -2.75. The molecule has 3 aliphatic rings. The Balaban J connectivity index is 1.96. The van der Waals surface area contributed by atoms with E-state index in [0.717, 1.165) is 5.33 Å². The third-order valence-electron chi connectivity index (χ3n) is 2.73. The van der Waals surface area contributed by atoms with Crippen molar-refractivity contribution in [2.45, 2.75) is 24.8 Å². The van der Waals surface area contributed by atoms with Crippen molar-refractivity contribution in [3.63, 3.8) is 0 Å². The van der Waals surface area contributed by atoms with Gasteiger partial charge in [-0.3, -0.25) is 11.3 Å². The van der Waals surface area contributed by atoms with Gasteiger partial charge in [-0.1, -0.05) is 15.9 Å². The van der Waals surface area contributed by atoms with Gasteiger partial charge >= 0.3 is 0 Å². The zero-order valence-electron chi connectivity index (χ0n) is 5.28. The van der Waals surface area contributed by atoms with Crippen molar-refractivity contribution in [2.24, 2.45) is 11.3 Å². The lowest BCUT2D eigenvalue weighted by atomic mass is 9.40. The molecule has 3 rings (SSSR count). The molecular weight excluding hydrogens is 180 g/mol. The minimum absolute atomic E-state index is 0.369. The molecule has 2 nitrogen and oxygen atoms in total. The standard InChI is InChI=1S/C6H11BrN2/c7-4-5-1-6(2-5,3-5)9-8/h9H,1-4,8H2. The molecule has 2 bridgehead atoms. The molecule has 0 spiro atoms. The average molecular weight is 191 g/mol. The van der Waals surface area contributed by atoms with Crippen molar-refractivity contribution in [1.82, 2.24) is 5.43 Å². The predicted molar refractivity (Wildman–Crippen MR) is 40.1 cm³/mol. The summed E-state index contributed by atoms with van der Waals surface area (Å²) in [7, 11) is 0. The summed E-state index contributed by atoms with van der Waals surface area (Å²) in [4.78, 5) is 0. The normalized spacial score (nSPS) is 54.0. The van der Waals surface area contributed by atoms with Gasteiger partial charge < -0.3 is 0 Å². The Labute approximate surface area is 63.3 Å². The lowest BCUT2D eigenvalue weighted by Gasteiger charge is -2.70. The van der Waals surface area contributed by atoms with Crippen molar-refractivity contribution in [3.05, 3.63) is 0 Å². The monoisotopic (exact) mass is 190 g/mol. The van der Waals surface area contributed by atoms with E-state index >= 15 is 0 Å². The van der Waals surface area contributed by atoms with E-state index in [1.54, 1.807) is 0 Å². The highest BCUT2D eigenvalue weighted by molar-refractivity contribution is 9.09. The molecule has 0 aliphatic heterocycles. The van der Waals surface area contributed by atoms with Crippen LogP contribution in [0.4, 0.5) is 0 Å². The Bertz CT molecular complexity index is 112. The molecule has 0 radical (unpaired) electrons. The van der Waals surface area contributed by atoms with Gasteiger partial charge in [0.2, 0.25) is 0 Å². The highest BCUT2D eigenvalue weighted by atomic mass is 79.9. The van der Waals surface area contributed by atoms with E-state index in [1.165, 1.54) is 19.3 Å². The maximum Gasteiger partial charge on any atom is 0.0338 e. The van der Waals surface area contributed by atoms with Crippen LogP contribution in [0.2, 0.25) is 0 Å². The Hall–Kier alpha value is 0.400. The number of alkyl halides is 1. The van der Waals surface area contributed by atoms with E-state index < -0.39 is 0 Å². The molecule has 3 N–H and O–H groups in total. The molecule has 0 unspecified atom stereocenters. The third-order valence-corrected chi connectivity index (χ3v) is 3.92. The van der Waals surface area contributed by atoms with Gasteiger partial charge in [0.1, 0.15) is 0 Å². The first-order chi connectivity index (χ1) is 4.24. The van der Waals surface area contributed by atoms with Gasteiger partial charge in [0.25, 0.3) is 0 Å². The molecule has 3 heteroatoms. The van der Waals surface area contributed by atoms with E-state index in [1.807, 2.05) is 0 Å². The Morgan fingerprint density at radius 1 is 1.44 bits per heavy atom. The van der Waals surface area contributed by atoms with E-state index in [2.05, 4.69) is 21.4 Å². The number of nitrogens with two attached hydrogens (primary N) is 1. The summed E-state index contributed by atoms with van der Waals surface area (Å²) in [6.07, 6.45) is 3.84. The molecule has 3 saturated carbocycles. The van der Waals surface area contributed by atoms with Crippen molar-refractivity contribution < 1.29 is 0 Å². The summed E-state index contributed by atoms with van der Waals surface area (Å²) in [5.41, 5.74) is 3.90. The van der Waals surface area contributed by atoms with Crippen LogP contribution in [0.3, 0.4) is 0 Å². The van der Waals surface area contributed by atoms with Crippen LogP contribution < -0.4 is 11.3 Å². The second-order valence-corrected chi connectivity index (χ2v) is 4.15. The molecule has 0 heterocycles. The molecular formula is C6H11BrN2. The fourth-order valence-electron chi connectivity index (χ4n) is 2.29. The molecule has 3 fully saturated rings. The highest BCUT2D eigenvalue weighted by Gasteiger charge is 2.66. The summed E-state index contributed by atoms with van der Waals surface area (Å²) in [6.45, 7) is 0. The number of hydrazine groups is 1. The quantitative estimate of drug-likeness (QED) is 0.384. The molecule has 0 atom stereocenters. The zero-order valence-corrected chi connectivity index (χ0v) is 6.87. The van der Waals surface area contributed by atoms with Gasteiger partial charge in [-0.05, 0) is 24.7 Å². The van der Waals surface area contributed by atoms with Gasteiger partial charge in [0, 0.05) is 10.9 Å². The van der Waals surface area contributed by atoms with Crippen molar-refractivity contribution in [3.8, 4) is 0 Å². The van der Waals surface area contributed by atoms with Crippen LogP contribution in [0.1, 0.15) is 19.3 Å². The maximum absolute atomic E-state index is 5.35. The summed E-state index contributed by atoms with van der Waals surface area (Å²) >= 11 is 3.50. The van der Waals surface area contributed by atoms with E-state index in [0.29, 0.717) is 11.0 Å². The maximum atomic E-state index is 5.35. The van der Waals surface area contributed by atoms with E-state index in [4.69, 9.17) is 5.84 Å². The Kier molecular flexibility index (Phi) is 1.04. The lowest BCUT2D eigenvalue weighted by molar-refractivity contribution is -0.135. The van der Waals surface area contributed by atoms with Gasteiger partial charge in [-0.25, -0.2) is 0 Å². The van der Waals surface area contributed by atoms with Crippen LogP contribution in [-0.4, -0.2) is 10.9 Å². The molecule has 0 aromatic rings. The smallest absolute Gasteiger partial charge is 0.0338 e. The average Bonchev–Trinajstić information content (AvgIpc) is 1.62. The highest BCUT2D eigenvalue weighted by Crippen LogP contribution is 2.67. The SMILES string of the molecule is NNC12CC(CBr)(C1)C2. The first-order valence-electron chi connectivity index (χ1n) is 3.28. The number of halogens is 1. The van der Waals surface area contributed by atoms with Crippen LogP contribution in [0.25, 0.3) is 0 Å². The molecule has 3 aliphatic carbocycles. The largest absolute Gasteiger partial charge is 0.271 e. The van der Waals surface area contributed by atoms with Crippen LogP contribution in [-0.2, 0) is 0 Å². The van der Waals surface area contributed by atoms with Crippen molar-refractivity contribution in [2.75, 3.05) is 5.33 Å². The number of rotatable bonds is 2. The Morgan fingerprint density at radius 2 is 2.00 bits per heavy atom. The first-order valence-corrected chi connectivity index (χ1v) is 4.40. The summed E-state index contributed by atoms with van der Waals surface area (Å²) in [5.74, 6) is 5.35. The fourth-order valence-corrected chi connectivity index (χ4v) is 2.89. The Morgan fingerprint density at radius 3 is 2.33 bits per heavy atom. The molecule has 52 valence electrons. The van der Waals surface area contributed by atoms with Crippen molar-refractivity contribution in [1.29, 1.82) is 0 Å². The van der Waals surface area contributed by atoms with Crippen LogP contribution in [0.5, 0.6) is 0 Å². The molecule has 9 heavy (non-hydrogen) atoms. The van der Waals surface area contributed by atoms with Gasteiger partial charge in [-0.15, -0.1) is 0 Å². The van der Waals surface area contributed by atoms with E-state index in [9.17, 15) is 0 Å². The van der Waals surface area contributed by atoms with Gasteiger partial charge in [0.15, 0.2) is 0 Å². The minimum atomic E-state index is 0.369. The minimum Gasteiger partial charge on any atom is -0.271 e. The molecule has 0 aromatic carbocycles. The third kappa shape index (κ3) is 0.578. The molecule has 0 amide bonds. The first kappa shape index (κ1) is 6.13. The summed E-state index contributed by atoms with van der Waals surface area (Å²) in [5, 5.41) is 1.16. The van der Waals surface area contributed by atoms with Gasteiger partial charge in [0.05, 0.1) is 0 Å². The van der Waals surface area contributed by atoms with Crippen molar-refractivity contribution >= 4 is 15.9 Å². The number of hydrogen-bond donors (Lipinski definition) is 2. The topological polar surface area (TPSA) is 38.0 Å². The second-order valence-electron chi connectivity index (χ2n) is 3.59. The zero-order chi connectivity index (χ0) is 6.54. The molecule has 0 saturated heterocycles. The number of hydrogen-bond acceptors (Lipinski definition) is 2. The van der Waals surface area contributed by atoms with Crippen LogP contribution in [0.15, 0.2) is 0 Å². The summed E-state index contributed by atoms with van der Waals surface area (Å²) in [6, 6.07) is 0. The second kappa shape index (κ2) is 1.52. The predicted octanol–water partition coefficient (Wildman–Crippen LogP) is 0.767. The molecule has 0 aromatic heterocycles. The van der Waals surface area contributed by atoms with Crippen LogP contribution in [0, 0.1) is 5.41 Å².